The molecule has 0 aliphatic carbocycles. The lowest BCUT2D eigenvalue weighted by atomic mass is 10.0. The van der Waals surface area contributed by atoms with Crippen LogP contribution in [0, 0.1) is 18.3 Å². The van der Waals surface area contributed by atoms with Crippen molar-refractivity contribution in [1.29, 1.82) is 5.26 Å². The Morgan fingerprint density at radius 2 is 2.23 bits per heavy atom. The molecule has 3 nitrogen and oxygen atoms in total. The zero-order valence-electron chi connectivity index (χ0n) is 7.62. The van der Waals surface area contributed by atoms with Gasteiger partial charge in [-0.15, -0.1) is 0 Å². The molecule has 1 atom stereocenters. The Kier molecular flexibility index (Phi) is 3.02. The van der Waals surface area contributed by atoms with Crippen LogP contribution in [0.3, 0.4) is 0 Å². The number of aryl methyl sites for hydroxylation is 1. The van der Waals surface area contributed by atoms with Gasteiger partial charge in [-0.1, -0.05) is 12.1 Å². The van der Waals surface area contributed by atoms with Crippen LogP contribution in [0.4, 0.5) is 0 Å². The summed E-state index contributed by atoms with van der Waals surface area (Å²) in [5, 5.41) is 8.70. The van der Waals surface area contributed by atoms with Crippen LogP contribution in [-0.2, 0) is 0 Å². The van der Waals surface area contributed by atoms with Gasteiger partial charge in [0.25, 0.3) is 0 Å². The molecule has 0 saturated carbocycles. The number of nitrogens with zero attached hydrogens (tertiary/aromatic N) is 1. The Balaban J connectivity index is 3.04. The van der Waals surface area contributed by atoms with Crippen LogP contribution in [0.25, 0.3) is 0 Å². The van der Waals surface area contributed by atoms with Gasteiger partial charge in [-0.2, -0.15) is 5.26 Å². The molecule has 0 aromatic heterocycles. The lowest BCUT2D eigenvalue weighted by Crippen LogP contribution is -2.20. The highest BCUT2D eigenvalue weighted by Crippen LogP contribution is 2.14. The van der Waals surface area contributed by atoms with Crippen molar-refractivity contribution in [3.8, 4) is 6.07 Å². The average molecular weight is 175 g/mol. The summed E-state index contributed by atoms with van der Waals surface area (Å²) < 4.78 is 0. The topological polar surface area (TPSA) is 75.8 Å². The molecule has 0 aliphatic heterocycles. The maximum absolute atomic E-state index is 8.70. The third kappa shape index (κ3) is 2.05. The van der Waals surface area contributed by atoms with E-state index in [1.807, 2.05) is 19.1 Å². The van der Waals surface area contributed by atoms with E-state index in [0.717, 1.165) is 11.1 Å². The largest absolute Gasteiger partial charge is 0.329 e. The minimum Gasteiger partial charge on any atom is -0.329 e. The van der Waals surface area contributed by atoms with E-state index in [1.54, 1.807) is 6.07 Å². The van der Waals surface area contributed by atoms with Gasteiger partial charge >= 0.3 is 0 Å². The van der Waals surface area contributed by atoms with Crippen molar-refractivity contribution in [2.24, 2.45) is 11.5 Å². The molecule has 0 bridgehead atoms. The van der Waals surface area contributed by atoms with Crippen LogP contribution in [0.1, 0.15) is 22.7 Å². The van der Waals surface area contributed by atoms with E-state index in [4.69, 9.17) is 16.7 Å². The van der Waals surface area contributed by atoms with Crippen LogP contribution in [0.5, 0.6) is 0 Å². The molecule has 0 heterocycles. The van der Waals surface area contributed by atoms with Crippen molar-refractivity contribution in [1.82, 2.24) is 0 Å². The molecule has 0 radical (unpaired) electrons. The molecular weight excluding hydrogens is 162 g/mol. The average Bonchev–Trinajstić information content (AvgIpc) is 2.16. The highest BCUT2D eigenvalue weighted by Gasteiger charge is 2.05. The normalized spacial score (nSPS) is 12.2. The molecule has 13 heavy (non-hydrogen) atoms. The van der Waals surface area contributed by atoms with Crippen LogP contribution in [0.2, 0.25) is 0 Å². The first kappa shape index (κ1) is 9.72. The van der Waals surface area contributed by atoms with E-state index < -0.39 is 0 Å². The third-order valence-corrected chi connectivity index (χ3v) is 2.05. The van der Waals surface area contributed by atoms with E-state index in [0.29, 0.717) is 12.1 Å². The molecular formula is C10H13N3. The minimum absolute atomic E-state index is 0.133. The number of hydrogen-bond acceptors (Lipinski definition) is 3. The fourth-order valence-corrected chi connectivity index (χ4v) is 1.18. The predicted octanol–water partition coefficient (Wildman–Crippen LogP) is 0.825. The number of benzene rings is 1. The predicted molar refractivity (Wildman–Crippen MR) is 51.9 cm³/mol. The minimum atomic E-state index is -0.133. The molecule has 3 heteroatoms. The Morgan fingerprint density at radius 1 is 1.54 bits per heavy atom. The number of nitrogens with two attached hydrogens (primary N) is 2. The molecule has 1 unspecified atom stereocenters. The maximum Gasteiger partial charge on any atom is 0.0994 e. The summed E-state index contributed by atoms with van der Waals surface area (Å²) in [6, 6.07) is 7.52. The molecule has 1 rings (SSSR count). The first-order valence-electron chi connectivity index (χ1n) is 4.15. The summed E-state index contributed by atoms with van der Waals surface area (Å²) in [6.07, 6.45) is 0. The fraction of sp³-hybridized carbons (Fsp3) is 0.300. The maximum atomic E-state index is 8.70. The highest BCUT2D eigenvalue weighted by atomic mass is 14.7. The SMILES string of the molecule is Cc1cc(C(N)CN)ccc1C#N. The van der Waals surface area contributed by atoms with Crippen LogP contribution in [0.15, 0.2) is 18.2 Å². The standard InChI is InChI=1S/C10H13N3/c1-7-4-8(10(13)6-12)2-3-9(7)5-11/h2-4,10H,6,12-13H2,1H3. The van der Waals surface area contributed by atoms with Crippen LogP contribution < -0.4 is 11.5 Å². The Labute approximate surface area is 78.0 Å². The molecule has 0 saturated heterocycles. The van der Waals surface area contributed by atoms with Crippen molar-refractivity contribution in [2.75, 3.05) is 6.54 Å². The summed E-state index contributed by atoms with van der Waals surface area (Å²) in [6.45, 7) is 2.32. The van der Waals surface area contributed by atoms with Gasteiger partial charge in [0, 0.05) is 12.6 Å². The molecule has 0 spiro atoms. The van der Waals surface area contributed by atoms with Gasteiger partial charge in [-0.25, -0.2) is 0 Å². The van der Waals surface area contributed by atoms with Crippen molar-refractivity contribution in [2.45, 2.75) is 13.0 Å². The van der Waals surface area contributed by atoms with Crippen molar-refractivity contribution < 1.29 is 0 Å². The summed E-state index contributed by atoms with van der Waals surface area (Å²) in [4.78, 5) is 0. The highest BCUT2D eigenvalue weighted by molar-refractivity contribution is 5.40. The molecule has 4 N–H and O–H groups in total. The zero-order valence-corrected chi connectivity index (χ0v) is 7.62. The fourth-order valence-electron chi connectivity index (χ4n) is 1.18. The number of hydrogen-bond donors (Lipinski definition) is 2. The molecule has 1 aromatic carbocycles. The number of rotatable bonds is 2. The van der Waals surface area contributed by atoms with E-state index in [9.17, 15) is 0 Å². The summed E-state index contributed by atoms with van der Waals surface area (Å²) >= 11 is 0. The van der Waals surface area contributed by atoms with Gasteiger partial charge in [0.05, 0.1) is 11.6 Å². The van der Waals surface area contributed by atoms with E-state index in [-0.39, 0.29) is 6.04 Å². The Hall–Kier alpha value is -1.37. The Morgan fingerprint density at radius 3 is 2.69 bits per heavy atom. The summed E-state index contributed by atoms with van der Waals surface area (Å²) in [5.74, 6) is 0. The van der Waals surface area contributed by atoms with Crippen molar-refractivity contribution in [3.63, 3.8) is 0 Å². The van der Waals surface area contributed by atoms with E-state index in [2.05, 4.69) is 6.07 Å². The second kappa shape index (κ2) is 4.04. The quantitative estimate of drug-likeness (QED) is 0.698. The van der Waals surface area contributed by atoms with Gasteiger partial charge in [-0.3, -0.25) is 0 Å². The number of nitriles is 1. The van der Waals surface area contributed by atoms with Gasteiger partial charge in [0.15, 0.2) is 0 Å². The van der Waals surface area contributed by atoms with Gasteiger partial charge in [0.2, 0.25) is 0 Å². The van der Waals surface area contributed by atoms with Crippen LogP contribution >= 0.6 is 0 Å². The van der Waals surface area contributed by atoms with E-state index >= 15 is 0 Å². The molecule has 0 aliphatic rings. The van der Waals surface area contributed by atoms with Gasteiger partial charge < -0.3 is 11.5 Å². The van der Waals surface area contributed by atoms with Crippen molar-refractivity contribution in [3.05, 3.63) is 34.9 Å². The Bertz CT molecular complexity index is 339. The lowest BCUT2D eigenvalue weighted by molar-refractivity contribution is 0.736. The summed E-state index contributed by atoms with van der Waals surface area (Å²) in [5.41, 5.74) is 13.8. The third-order valence-electron chi connectivity index (χ3n) is 2.05. The second-order valence-corrected chi connectivity index (χ2v) is 3.03. The summed E-state index contributed by atoms with van der Waals surface area (Å²) in [7, 11) is 0. The zero-order chi connectivity index (χ0) is 9.84. The molecule has 1 aromatic rings. The lowest BCUT2D eigenvalue weighted by Gasteiger charge is -2.09. The second-order valence-electron chi connectivity index (χ2n) is 3.03. The molecule has 68 valence electrons. The van der Waals surface area contributed by atoms with Crippen molar-refractivity contribution >= 4 is 0 Å². The monoisotopic (exact) mass is 175 g/mol. The molecule has 0 amide bonds. The van der Waals surface area contributed by atoms with Gasteiger partial charge in [-0.05, 0) is 24.1 Å². The first-order valence-corrected chi connectivity index (χ1v) is 4.15. The van der Waals surface area contributed by atoms with Gasteiger partial charge in [0.1, 0.15) is 0 Å². The first-order chi connectivity index (χ1) is 6.19. The van der Waals surface area contributed by atoms with E-state index in [1.165, 1.54) is 0 Å². The molecule has 0 fully saturated rings. The smallest absolute Gasteiger partial charge is 0.0994 e. The van der Waals surface area contributed by atoms with Crippen LogP contribution in [-0.4, -0.2) is 6.54 Å².